The first kappa shape index (κ1) is 13.1. The van der Waals surface area contributed by atoms with Gasteiger partial charge in [-0.05, 0) is 19.3 Å². The minimum Gasteiger partial charge on any atom is -0.377 e. The van der Waals surface area contributed by atoms with Gasteiger partial charge in [-0.25, -0.2) is 0 Å². The predicted octanol–water partition coefficient (Wildman–Crippen LogP) is 2.62. The highest BCUT2D eigenvalue weighted by Crippen LogP contribution is 2.22. The van der Waals surface area contributed by atoms with Gasteiger partial charge in [-0.15, -0.1) is 0 Å². The van der Waals surface area contributed by atoms with Gasteiger partial charge in [-0.1, -0.05) is 0 Å². The van der Waals surface area contributed by atoms with Crippen molar-refractivity contribution in [1.82, 2.24) is 4.98 Å². The quantitative estimate of drug-likeness (QED) is 0.673. The van der Waals surface area contributed by atoms with E-state index in [4.69, 9.17) is 4.74 Å². The summed E-state index contributed by atoms with van der Waals surface area (Å²) in [5.74, 6) is -6.38. The van der Waals surface area contributed by atoms with E-state index in [1.807, 2.05) is 0 Å². The lowest BCUT2D eigenvalue weighted by Gasteiger charge is -2.23. The molecule has 1 aromatic rings. The van der Waals surface area contributed by atoms with E-state index in [-0.39, 0.29) is 12.6 Å². The summed E-state index contributed by atoms with van der Waals surface area (Å²) in [6, 6.07) is 0. The molecule has 0 amide bonds. The summed E-state index contributed by atoms with van der Waals surface area (Å²) in [4.78, 5) is 2.47. The Morgan fingerprint density at radius 3 is 2.33 bits per heavy atom. The lowest BCUT2D eigenvalue weighted by molar-refractivity contribution is 0.0247. The summed E-state index contributed by atoms with van der Waals surface area (Å²) in [7, 11) is 0. The molecule has 1 fully saturated rings. The Morgan fingerprint density at radius 1 is 1.11 bits per heavy atom. The van der Waals surface area contributed by atoms with Gasteiger partial charge in [0, 0.05) is 13.2 Å². The van der Waals surface area contributed by atoms with E-state index in [2.05, 4.69) is 10.3 Å². The van der Waals surface area contributed by atoms with Gasteiger partial charge in [-0.3, -0.25) is 0 Å². The first-order chi connectivity index (χ1) is 8.59. The van der Waals surface area contributed by atoms with Gasteiger partial charge in [0.2, 0.25) is 11.6 Å². The summed E-state index contributed by atoms with van der Waals surface area (Å²) in [5, 5.41) is 2.34. The van der Waals surface area contributed by atoms with Gasteiger partial charge in [-0.2, -0.15) is 22.5 Å². The van der Waals surface area contributed by atoms with Crippen molar-refractivity contribution in [1.29, 1.82) is 0 Å². The van der Waals surface area contributed by atoms with Crippen LogP contribution in [0.4, 0.5) is 23.2 Å². The van der Waals surface area contributed by atoms with Crippen molar-refractivity contribution in [2.75, 3.05) is 18.5 Å². The number of ether oxygens (including phenoxy) is 1. The van der Waals surface area contributed by atoms with Crippen LogP contribution in [0.2, 0.25) is 0 Å². The molecule has 0 saturated carbocycles. The van der Waals surface area contributed by atoms with Gasteiger partial charge in [0.25, 0.3) is 11.9 Å². The highest BCUT2D eigenvalue weighted by atomic mass is 19.2. The monoisotopic (exact) mass is 264 g/mol. The molecule has 0 radical (unpaired) electrons. The Morgan fingerprint density at radius 2 is 1.78 bits per heavy atom. The van der Waals surface area contributed by atoms with Crippen LogP contribution in [-0.2, 0) is 4.74 Å². The summed E-state index contributed by atoms with van der Waals surface area (Å²) >= 11 is 0. The zero-order chi connectivity index (χ0) is 13.1. The molecule has 1 atom stereocenters. The number of rotatable bonds is 3. The van der Waals surface area contributed by atoms with Crippen LogP contribution >= 0.6 is 0 Å². The maximum absolute atomic E-state index is 13.2. The second kappa shape index (κ2) is 5.51. The van der Waals surface area contributed by atoms with Gasteiger partial charge < -0.3 is 10.1 Å². The molecule has 3 nitrogen and oxygen atoms in total. The largest absolute Gasteiger partial charge is 0.377 e. The van der Waals surface area contributed by atoms with E-state index >= 15 is 0 Å². The molecule has 7 heteroatoms. The maximum Gasteiger partial charge on any atom is 0.253 e. The van der Waals surface area contributed by atoms with Crippen molar-refractivity contribution in [3.05, 3.63) is 23.5 Å². The molecular formula is C11H12F4N2O. The molecule has 2 rings (SSSR count). The SMILES string of the molecule is Fc1nc(F)c(F)c(NCC2CCCCO2)c1F. The molecular weight excluding hydrogens is 252 g/mol. The normalized spacial score (nSPS) is 19.9. The van der Waals surface area contributed by atoms with Crippen LogP contribution in [0.25, 0.3) is 0 Å². The fourth-order valence-corrected chi connectivity index (χ4v) is 1.83. The van der Waals surface area contributed by atoms with E-state index in [1.54, 1.807) is 0 Å². The number of hydrogen-bond donors (Lipinski definition) is 1. The molecule has 2 heterocycles. The molecule has 0 aliphatic carbocycles. The van der Waals surface area contributed by atoms with Crippen molar-refractivity contribution in [2.24, 2.45) is 0 Å². The molecule has 1 saturated heterocycles. The van der Waals surface area contributed by atoms with Crippen LogP contribution in [0.1, 0.15) is 19.3 Å². The number of nitrogens with one attached hydrogen (secondary N) is 1. The van der Waals surface area contributed by atoms with Crippen molar-refractivity contribution < 1.29 is 22.3 Å². The van der Waals surface area contributed by atoms with Gasteiger partial charge in [0.05, 0.1) is 6.10 Å². The third-order valence-corrected chi connectivity index (χ3v) is 2.78. The molecule has 0 aromatic carbocycles. The van der Waals surface area contributed by atoms with Gasteiger partial charge >= 0.3 is 0 Å². The number of aromatic nitrogens is 1. The van der Waals surface area contributed by atoms with Crippen LogP contribution in [-0.4, -0.2) is 24.2 Å². The van der Waals surface area contributed by atoms with Gasteiger partial charge in [0.1, 0.15) is 5.69 Å². The number of halogens is 4. The van der Waals surface area contributed by atoms with Crippen molar-refractivity contribution in [2.45, 2.75) is 25.4 Å². The zero-order valence-corrected chi connectivity index (χ0v) is 9.48. The third kappa shape index (κ3) is 2.72. The van der Waals surface area contributed by atoms with Crippen molar-refractivity contribution in [3.8, 4) is 0 Å². The van der Waals surface area contributed by atoms with Crippen LogP contribution < -0.4 is 5.32 Å². The van der Waals surface area contributed by atoms with Crippen molar-refractivity contribution in [3.63, 3.8) is 0 Å². The first-order valence-corrected chi connectivity index (χ1v) is 5.65. The minimum absolute atomic E-state index is 0.0940. The molecule has 1 aliphatic rings. The molecule has 0 spiro atoms. The molecule has 1 N–H and O–H groups in total. The Bertz CT molecular complexity index is 409. The maximum atomic E-state index is 13.2. The molecule has 1 aromatic heterocycles. The fraction of sp³-hybridized carbons (Fsp3) is 0.545. The number of hydrogen-bond acceptors (Lipinski definition) is 3. The second-order valence-corrected chi connectivity index (χ2v) is 4.07. The smallest absolute Gasteiger partial charge is 0.253 e. The van der Waals surface area contributed by atoms with Crippen LogP contribution in [0.3, 0.4) is 0 Å². The topological polar surface area (TPSA) is 34.2 Å². The number of anilines is 1. The van der Waals surface area contributed by atoms with Crippen LogP contribution in [0, 0.1) is 23.5 Å². The number of nitrogens with zero attached hydrogens (tertiary/aromatic N) is 1. The lowest BCUT2D eigenvalue weighted by atomic mass is 10.1. The molecule has 18 heavy (non-hydrogen) atoms. The summed E-state index contributed by atoms with van der Waals surface area (Å²) in [5.41, 5.74) is -0.839. The Labute approximate surface area is 101 Å². The summed E-state index contributed by atoms with van der Waals surface area (Å²) in [6.07, 6.45) is 2.43. The molecule has 100 valence electrons. The standard InChI is InChI=1S/C11H12F4N2O/c12-7-9(8(13)11(15)17-10(7)14)16-5-6-3-1-2-4-18-6/h6H,1-5H2,(H,16,17). The van der Waals surface area contributed by atoms with E-state index < -0.39 is 29.2 Å². The average Bonchev–Trinajstić information content (AvgIpc) is 2.38. The molecule has 1 unspecified atom stereocenters. The minimum atomic E-state index is -1.67. The number of pyridine rings is 1. The highest BCUT2D eigenvalue weighted by molar-refractivity contribution is 5.45. The second-order valence-electron chi connectivity index (χ2n) is 4.07. The lowest BCUT2D eigenvalue weighted by Crippen LogP contribution is -2.27. The molecule has 0 bridgehead atoms. The molecule has 1 aliphatic heterocycles. The average molecular weight is 264 g/mol. The third-order valence-electron chi connectivity index (χ3n) is 2.78. The summed E-state index contributed by atoms with van der Waals surface area (Å²) < 4.78 is 57.5. The Balaban J connectivity index is 2.08. The first-order valence-electron chi connectivity index (χ1n) is 5.65. The Kier molecular flexibility index (Phi) is 4.00. The van der Waals surface area contributed by atoms with Crippen LogP contribution in [0.5, 0.6) is 0 Å². The summed E-state index contributed by atoms with van der Waals surface area (Å²) in [6.45, 7) is 0.674. The zero-order valence-electron chi connectivity index (χ0n) is 9.48. The van der Waals surface area contributed by atoms with Crippen LogP contribution in [0.15, 0.2) is 0 Å². The van der Waals surface area contributed by atoms with E-state index in [1.165, 1.54) is 0 Å². The highest BCUT2D eigenvalue weighted by Gasteiger charge is 2.22. The Hall–Kier alpha value is -1.37. The van der Waals surface area contributed by atoms with E-state index in [0.29, 0.717) is 6.61 Å². The van der Waals surface area contributed by atoms with Gasteiger partial charge in [0.15, 0.2) is 0 Å². The fourth-order valence-electron chi connectivity index (χ4n) is 1.83. The predicted molar refractivity (Wildman–Crippen MR) is 56.1 cm³/mol. The van der Waals surface area contributed by atoms with E-state index in [9.17, 15) is 17.6 Å². The van der Waals surface area contributed by atoms with E-state index in [0.717, 1.165) is 19.3 Å². The van der Waals surface area contributed by atoms with Crippen molar-refractivity contribution >= 4 is 5.69 Å².